The Morgan fingerprint density at radius 1 is 1.17 bits per heavy atom. The summed E-state index contributed by atoms with van der Waals surface area (Å²) in [7, 11) is 0. The Morgan fingerprint density at radius 2 is 1.94 bits per heavy atom. The highest BCUT2D eigenvalue weighted by Gasteiger charge is 2.06. The van der Waals surface area contributed by atoms with Gasteiger partial charge in [0.2, 0.25) is 0 Å². The molecule has 1 aromatic carbocycles. The minimum Gasteiger partial charge on any atom is -0.494 e. The van der Waals surface area contributed by atoms with Gasteiger partial charge in [0.15, 0.2) is 0 Å². The maximum atomic E-state index is 5.60. The highest BCUT2D eigenvalue weighted by Crippen LogP contribution is 2.17. The lowest BCUT2D eigenvalue weighted by atomic mass is 10.1. The van der Waals surface area contributed by atoms with Crippen LogP contribution >= 0.6 is 0 Å². The Bertz CT molecular complexity index is 345. The van der Waals surface area contributed by atoms with Gasteiger partial charge in [0.05, 0.1) is 6.61 Å². The SMILES string of the molecule is CCCOc1cccc(NCCNC(C)(C)C)c1. The van der Waals surface area contributed by atoms with Crippen molar-refractivity contribution >= 4 is 5.69 Å². The smallest absolute Gasteiger partial charge is 0.121 e. The molecule has 0 aromatic heterocycles. The van der Waals surface area contributed by atoms with Crippen LogP contribution < -0.4 is 15.4 Å². The van der Waals surface area contributed by atoms with Gasteiger partial charge in [-0.05, 0) is 39.3 Å². The first-order valence-corrected chi connectivity index (χ1v) is 6.73. The van der Waals surface area contributed by atoms with E-state index in [0.29, 0.717) is 0 Å². The molecule has 0 aliphatic heterocycles. The molecule has 102 valence electrons. The number of benzene rings is 1. The van der Waals surface area contributed by atoms with E-state index in [9.17, 15) is 0 Å². The Hall–Kier alpha value is -1.22. The van der Waals surface area contributed by atoms with E-state index in [-0.39, 0.29) is 5.54 Å². The Balaban J connectivity index is 2.33. The lowest BCUT2D eigenvalue weighted by molar-refractivity contribution is 0.317. The summed E-state index contributed by atoms with van der Waals surface area (Å²) in [5.74, 6) is 0.936. The molecule has 3 nitrogen and oxygen atoms in total. The van der Waals surface area contributed by atoms with Gasteiger partial charge in [-0.25, -0.2) is 0 Å². The van der Waals surface area contributed by atoms with E-state index in [4.69, 9.17) is 4.74 Å². The zero-order valence-electron chi connectivity index (χ0n) is 12.0. The second-order valence-electron chi connectivity index (χ2n) is 5.48. The third-order valence-electron chi connectivity index (χ3n) is 2.42. The molecular weight excluding hydrogens is 224 g/mol. The molecule has 0 radical (unpaired) electrons. The summed E-state index contributed by atoms with van der Waals surface area (Å²) < 4.78 is 5.60. The van der Waals surface area contributed by atoms with Crippen LogP contribution in [0.3, 0.4) is 0 Å². The van der Waals surface area contributed by atoms with Crippen LogP contribution in [-0.4, -0.2) is 25.2 Å². The van der Waals surface area contributed by atoms with Crippen LogP contribution in [0.1, 0.15) is 34.1 Å². The third-order valence-corrected chi connectivity index (χ3v) is 2.42. The number of ether oxygens (including phenoxy) is 1. The van der Waals surface area contributed by atoms with Gasteiger partial charge in [0, 0.05) is 30.4 Å². The Morgan fingerprint density at radius 3 is 2.61 bits per heavy atom. The average molecular weight is 250 g/mol. The molecule has 1 aromatic rings. The molecular formula is C15H26N2O. The number of hydrogen-bond acceptors (Lipinski definition) is 3. The first kappa shape index (κ1) is 14.8. The number of rotatable bonds is 7. The normalized spacial score (nSPS) is 11.3. The van der Waals surface area contributed by atoms with Crippen LogP contribution in [-0.2, 0) is 0 Å². The number of hydrogen-bond donors (Lipinski definition) is 2. The molecule has 0 aliphatic carbocycles. The van der Waals surface area contributed by atoms with E-state index in [1.54, 1.807) is 0 Å². The Labute approximate surface area is 111 Å². The van der Waals surface area contributed by atoms with Crippen molar-refractivity contribution < 1.29 is 4.74 Å². The van der Waals surface area contributed by atoms with Crippen molar-refractivity contribution in [2.75, 3.05) is 25.0 Å². The standard InChI is InChI=1S/C15H26N2O/c1-5-11-18-14-8-6-7-13(12-14)16-9-10-17-15(2,3)4/h6-8,12,16-17H,5,9-11H2,1-4H3. The van der Waals surface area contributed by atoms with Crippen LogP contribution in [0.5, 0.6) is 5.75 Å². The minimum atomic E-state index is 0.174. The van der Waals surface area contributed by atoms with Gasteiger partial charge < -0.3 is 15.4 Å². The average Bonchev–Trinajstić information content (AvgIpc) is 2.31. The van der Waals surface area contributed by atoms with E-state index < -0.39 is 0 Å². The van der Waals surface area contributed by atoms with E-state index >= 15 is 0 Å². The summed E-state index contributed by atoms with van der Waals surface area (Å²) in [6, 6.07) is 8.13. The van der Waals surface area contributed by atoms with E-state index in [1.165, 1.54) is 0 Å². The van der Waals surface area contributed by atoms with Gasteiger partial charge in [-0.15, -0.1) is 0 Å². The zero-order valence-corrected chi connectivity index (χ0v) is 12.0. The maximum Gasteiger partial charge on any atom is 0.121 e. The first-order chi connectivity index (χ1) is 8.51. The van der Waals surface area contributed by atoms with Crippen LogP contribution in [0.15, 0.2) is 24.3 Å². The molecule has 0 amide bonds. The highest BCUT2D eigenvalue weighted by molar-refractivity contribution is 5.48. The predicted molar refractivity (Wildman–Crippen MR) is 78.5 cm³/mol. The number of nitrogens with one attached hydrogen (secondary N) is 2. The fraction of sp³-hybridized carbons (Fsp3) is 0.600. The second kappa shape index (κ2) is 7.27. The van der Waals surface area contributed by atoms with Crippen molar-refractivity contribution in [3.8, 4) is 5.75 Å². The van der Waals surface area contributed by atoms with E-state index in [1.807, 2.05) is 18.2 Å². The topological polar surface area (TPSA) is 33.3 Å². The van der Waals surface area contributed by atoms with Crippen LogP contribution in [0.4, 0.5) is 5.69 Å². The first-order valence-electron chi connectivity index (χ1n) is 6.73. The van der Waals surface area contributed by atoms with Crippen molar-refractivity contribution in [1.82, 2.24) is 5.32 Å². The maximum absolute atomic E-state index is 5.60. The van der Waals surface area contributed by atoms with Gasteiger partial charge in [0.25, 0.3) is 0 Å². The molecule has 0 heterocycles. The van der Waals surface area contributed by atoms with E-state index in [2.05, 4.69) is 44.4 Å². The summed E-state index contributed by atoms with van der Waals surface area (Å²) in [6.45, 7) is 11.3. The summed E-state index contributed by atoms with van der Waals surface area (Å²) in [6.07, 6.45) is 1.03. The molecule has 18 heavy (non-hydrogen) atoms. The van der Waals surface area contributed by atoms with Crippen LogP contribution in [0.25, 0.3) is 0 Å². The molecule has 0 unspecified atom stereocenters. The highest BCUT2D eigenvalue weighted by atomic mass is 16.5. The predicted octanol–water partition coefficient (Wildman–Crippen LogP) is 3.28. The molecule has 3 heteroatoms. The molecule has 0 fully saturated rings. The number of anilines is 1. The largest absolute Gasteiger partial charge is 0.494 e. The van der Waals surface area contributed by atoms with Crippen LogP contribution in [0, 0.1) is 0 Å². The van der Waals surface area contributed by atoms with Gasteiger partial charge in [-0.3, -0.25) is 0 Å². The molecule has 0 aliphatic rings. The van der Waals surface area contributed by atoms with Crippen molar-refractivity contribution in [3.05, 3.63) is 24.3 Å². The summed E-state index contributed by atoms with van der Waals surface area (Å²) >= 11 is 0. The van der Waals surface area contributed by atoms with Gasteiger partial charge in [0.1, 0.15) is 5.75 Å². The lowest BCUT2D eigenvalue weighted by Gasteiger charge is -2.20. The van der Waals surface area contributed by atoms with E-state index in [0.717, 1.165) is 37.6 Å². The zero-order chi connectivity index (χ0) is 13.4. The quantitative estimate of drug-likeness (QED) is 0.729. The monoisotopic (exact) mass is 250 g/mol. The summed E-state index contributed by atoms with van der Waals surface area (Å²) in [5, 5.41) is 6.84. The Kier molecular flexibility index (Phi) is 5.99. The molecule has 0 spiro atoms. The molecule has 1 rings (SSSR count). The molecule has 0 bridgehead atoms. The fourth-order valence-corrected chi connectivity index (χ4v) is 1.56. The lowest BCUT2D eigenvalue weighted by Crippen LogP contribution is -2.38. The van der Waals surface area contributed by atoms with Crippen molar-refractivity contribution in [2.24, 2.45) is 0 Å². The minimum absolute atomic E-state index is 0.174. The molecule has 0 saturated carbocycles. The third kappa shape index (κ3) is 6.50. The van der Waals surface area contributed by atoms with Crippen molar-refractivity contribution in [3.63, 3.8) is 0 Å². The fourth-order valence-electron chi connectivity index (χ4n) is 1.56. The second-order valence-corrected chi connectivity index (χ2v) is 5.48. The summed E-state index contributed by atoms with van der Waals surface area (Å²) in [4.78, 5) is 0. The van der Waals surface area contributed by atoms with Crippen molar-refractivity contribution in [2.45, 2.75) is 39.7 Å². The van der Waals surface area contributed by atoms with Crippen molar-refractivity contribution in [1.29, 1.82) is 0 Å². The molecule has 0 atom stereocenters. The molecule has 0 saturated heterocycles. The molecule has 2 N–H and O–H groups in total. The van der Waals surface area contributed by atoms with Gasteiger partial charge >= 0.3 is 0 Å². The van der Waals surface area contributed by atoms with Gasteiger partial charge in [-0.1, -0.05) is 13.0 Å². The summed E-state index contributed by atoms with van der Waals surface area (Å²) in [5.41, 5.74) is 1.28. The van der Waals surface area contributed by atoms with Crippen LogP contribution in [0.2, 0.25) is 0 Å². The van der Waals surface area contributed by atoms with Gasteiger partial charge in [-0.2, -0.15) is 0 Å².